The molecule has 0 bridgehead atoms. The summed E-state index contributed by atoms with van der Waals surface area (Å²) in [5, 5.41) is 8.27. The third kappa shape index (κ3) is 5.01. The van der Waals surface area contributed by atoms with Crippen LogP contribution in [0.4, 0.5) is 13.2 Å². The number of aryl methyl sites for hydroxylation is 2. The van der Waals surface area contributed by atoms with Crippen LogP contribution in [0, 0.1) is 0 Å². The number of ether oxygens (including phenoxy) is 1. The van der Waals surface area contributed by atoms with Gasteiger partial charge in [-0.2, -0.15) is 23.4 Å². The molecule has 0 aliphatic heterocycles. The Morgan fingerprint density at radius 3 is 2.65 bits per heavy atom. The lowest BCUT2D eigenvalue weighted by molar-refractivity contribution is -0.142. The first-order chi connectivity index (χ1) is 10.8. The molecule has 1 atom stereocenters. The van der Waals surface area contributed by atoms with Crippen LogP contribution in [-0.2, 0) is 20.0 Å². The first-order valence-corrected chi connectivity index (χ1v) is 7.54. The van der Waals surface area contributed by atoms with E-state index in [0.29, 0.717) is 24.6 Å². The number of rotatable bonds is 7. The fourth-order valence-corrected chi connectivity index (χ4v) is 2.21. The van der Waals surface area contributed by atoms with Crippen molar-refractivity contribution < 1.29 is 17.9 Å². The molecule has 0 aliphatic rings. The van der Waals surface area contributed by atoms with Crippen molar-refractivity contribution in [3.8, 4) is 5.88 Å². The monoisotopic (exact) mass is 330 g/mol. The molecular formula is C15H21F3N4O. The largest absolute Gasteiger partial charge is 0.478 e. The zero-order valence-electron chi connectivity index (χ0n) is 13.5. The first-order valence-electron chi connectivity index (χ1n) is 7.54. The first kappa shape index (κ1) is 17.4. The topological polar surface area (TPSA) is 44.9 Å². The number of halogens is 3. The van der Waals surface area contributed by atoms with Crippen LogP contribution in [-0.4, -0.2) is 32.3 Å². The normalized spacial score (nSPS) is 13.3. The van der Waals surface area contributed by atoms with E-state index in [0.717, 1.165) is 16.8 Å². The van der Waals surface area contributed by atoms with Crippen LogP contribution in [0.5, 0.6) is 5.88 Å². The molecule has 2 rings (SSSR count). The molecule has 0 spiro atoms. The van der Waals surface area contributed by atoms with Crippen LogP contribution < -0.4 is 4.74 Å². The van der Waals surface area contributed by atoms with Crippen LogP contribution in [0.3, 0.4) is 0 Å². The summed E-state index contributed by atoms with van der Waals surface area (Å²) >= 11 is 0. The molecule has 1 unspecified atom stereocenters. The van der Waals surface area contributed by atoms with Gasteiger partial charge in [-0.1, -0.05) is 13.8 Å². The minimum absolute atomic E-state index is 0.0170. The highest BCUT2D eigenvalue weighted by Crippen LogP contribution is 2.21. The molecule has 2 aromatic rings. The van der Waals surface area contributed by atoms with E-state index in [1.165, 1.54) is 6.20 Å². The second-order valence-electron chi connectivity index (χ2n) is 5.54. The van der Waals surface area contributed by atoms with Crippen LogP contribution >= 0.6 is 0 Å². The van der Waals surface area contributed by atoms with Gasteiger partial charge in [0, 0.05) is 25.2 Å². The molecule has 2 aromatic heterocycles. The zero-order chi connectivity index (χ0) is 17.0. The number of alkyl halides is 3. The maximum Gasteiger partial charge on any atom is 0.408 e. The predicted octanol–water partition coefficient (Wildman–Crippen LogP) is 3.31. The molecule has 128 valence electrons. The lowest BCUT2D eigenvalue weighted by atomic mass is 10.1. The summed E-state index contributed by atoms with van der Waals surface area (Å²) in [6.07, 6.45) is -1.40. The van der Waals surface area contributed by atoms with E-state index >= 15 is 0 Å². The number of nitrogens with zero attached hydrogens (tertiary/aromatic N) is 4. The Labute approximate surface area is 133 Å². The van der Waals surface area contributed by atoms with Gasteiger partial charge in [0.25, 0.3) is 0 Å². The van der Waals surface area contributed by atoms with Gasteiger partial charge in [-0.3, -0.25) is 4.68 Å². The van der Waals surface area contributed by atoms with Gasteiger partial charge in [0.15, 0.2) is 0 Å². The summed E-state index contributed by atoms with van der Waals surface area (Å²) in [7, 11) is 1.82. The second kappa shape index (κ2) is 7.06. The van der Waals surface area contributed by atoms with E-state index in [1.807, 2.05) is 27.0 Å². The molecule has 5 nitrogen and oxygen atoms in total. The average molecular weight is 330 g/mol. The van der Waals surface area contributed by atoms with Gasteiger partial charge in [0.05, 0.1) is 18.0 Å². The molecule has 0 amide bonds. The van der Waals surface area contributed by atoms with E-state index in [-0.39, 0.29) is 5.92 Å². The Balaban J connectivity index is 1.85. The molecule has 8 heteroatoms. The summed E-state index contributed by atoms with van der Waals surface area (Å²) in [5.41, 5.74) is 1.60. The fourth-order valence-electron chi connectivity index (χ4n) is 2.21. The summed E-state index contributed by atoms with van der Waals surface area (Å²) in [4.78, 5) is 0. The third-order valence-electron chi connectivity index (χ3n) is 3.56. The van der Waals surface area contributed by atoms with Gasteiger partial charge >= 0.3 is 6.18 Å². The number of hydrogen-bond donors (Lipinski definition) is 0. The molecule has 0 N–H and O–H groups in total. The van der Waals surface area contributed by atoms with E-state index < -0.39 is 12.7 Å². The molecule has 0 aliphatic carbocycles. The third-order valence-corrected chi connectivity index (χ3v) is 3.56. The van der Waals surface area contributed by atoms with Crippen molar-refractivity contribution >= 4 is 0 Å². The van der Waals surface area contributed by atoms with Gasteiger partial charge in [0.1, 0.15) is 6.54 Å². The fraction of sp³-hybridized carbons (Fsp3) is 0.600. The maximum atomic E-state index is 12.3. The smallest absolute Gasteiger partial charge is 0.408 e. The highest BCUT2D eigenvalue weighted by molar-refractivity contribution is 5.15. The van der Waals surface area contributed by atoms with Crippen LogP contribution in [0.2, 0.25) is 0 Å². The highest BCUT2D eigenvalue weighted by atomic mass is 19.4. The Morgan fingerprint density at radius 1 is 1.30 bits per heavy atom. The van der Waals surface area contributed by atoms with Gasteiger partial charge in [-0.05, 0) is 18.9 Å². The standard InChI is InChI=1S/C15H21F3N4O/c1-4-12-9-14(21(3)19-12)23-8-6-11(2)13-5-7-22(20-13)10-15(16,17)18/h5,7,9,11H,4,6,8,10H2,1-3H3. The van der Waals surface area contributed by atoms with Crippen molar-refractivity contribution in [2.75, 3.05) is 6.61 Å². The molecule has 0 aromatic carbocycles. The number of aromatic nitrogens is 4. The van der Waals surface area contributed by atoms with Crippen molar-refractivity contribution in [3.63, 3.8) is 0 Å². The zero-order valence-corrected chi connectivity index (χ0v) is 13.5. The van der Waals surface area contributed by atoms with Crippen LogP contribution in [0.15, 0.2) is 18.3 Å². The van der Waals surface area contributed by atoms with E-state index in [1.54, 1.807) is 10.7 Å². The van der Waals surface area contributed by atoms with Crippen molar-refractivity contribution in [2.24, 2.45) is 7.05 Å². The summed E-state index contributed by atoms with van der Waals surface area (Å²) in [5.74, 6) is 0.708. The predicted molar refractivity (Wildman–Crippen MR) is 79.4 cm³/mol. The SMILES string of the molecule is CCc1cc(OCCC(C)c2ccn(CC(F)(F)F)n2)n(C)n1. The molecule has 0 fully saturated rings. The Kier molecular flexibility index (Phi) is 5.33. The van der Waals surface area contributed by atoms with Gasteiger partial charge in [-0.25, -0.2) is 4.68 Å². The lowest BCUT2D eigenvalue weighted by Crippen LogP contribution is -2.18. The maximum absolute atomic E-state index is 12.3. The van der Waals surface area contributed by atoms with Crippen molar-refractivity contribution in [2.45, 2.75) is 45.3 Å². The van der Waals surface area contributed by atoms with E-state index in [4.69, 9.17) is 4.74 Å². The molecule has 2 heterocycles. The number of hydrogen-bond acceptors (Lipinski definition) is 3. The van der Waals surface area contributed by atoms with Crippen molar-refractivity contribution in [1.82, 2.24) is 19.6 Å². The average Bonchev–Trinajstić information content (AvgIpc) is 3.04. The molecule has 0 saturated heterocycles. The van der Waals surface area contributed by atoms with Crippen LogP contribution in [0.1, 0.15) is 37.6 Å². The Hall–Kier alpha value is -1.99. The molecule has 0 saturated carbocycles. The molecule has 0 radical (unpaired) electrons. The van der Waals surface area contributed by atoms with Crippen LogP contribution in [0.25, 0.3) is 0 Å². The highest BCUT2D eigenvalue weighted by Gasteiger charge is 2.28. The summed E-state index contributed by atoms with van der Waals surface area (Å²) in [6, 6.07) is 3.51. The van der Waals surface area contributed by atoms with Gasteiger partial charge in [0.2, 0.25) is 5.88 Å². The van der Waals surface area contributed by atoms with Gasteiger partial charge in [-0.15, -0.1) is 0 Å². The summed E-state index contributed by atoms with van der Waals surface area (Å²) < 4.78 is 45.3. The minimum atomic E-state index is -4.26. The van der Waals surface area contributed by atoms with Gasteiger partial charge < -0.3 is 4.74 Å². The van der Waals surface area contributed by atoms with E-state index in [9.17, 15) is 13.2 Å². The second-order valence-corrected chi connectivity index (χ2v) is 5.54. The quantitative estimate of drug-likeness (QED) is 0.782. The summed E-state index contributed by atoms with van der Waals surface area (Å²) in [6.45, 7) is 3.33. The van der Waals surface area contributed by atoms with Crippen molar-refractivity contribution in [3.05, 3.63) is 29.7 Å². The van der Waals surface area contributed by atoms with E-state index in [2.05, 4.69) is 10.2 Å². The minimum Gasteiger partial charge on any atom is -0.478 e. The van der Waals surface area contributed by atoms with Crippen molar-refractivity contribution in [1.29, 1.82) is 0 Å². The molecular weight excluding hydrogens is 309 g/mol. The Bertz CT molecular complexity index is 633. The molecule has 23 heavy (non-hydrogen) atoms. The lowest BCUT2D eigenvalue weighted by Gasteiger charge is -2.10. The Morgan fingerprint density at radius 2 is 2.04 bits per heavy atom.